The first-order valence-corrected chi connectivity index (χ1v) is 4.35. The molecule has 0 aromatic carbocycles. The first-order valence-electron chi connectivity index (χ1n) is 2.87. The number of carbonyl (C=O) groups is 1. The summed E-state index contributed by atoms with van der Waals surface area (Å²) in [5, 5.41) is 0. The second kappa shape index (κ2) is 2.55. The second-order valence-electron chi connectivity index (χ2n) is 2.13. The molecular weight excluding hydrogens is 156 g/mol. The monoisotopic (exact) mass is 164 g/mol. The lowest BCUT2D eigenvalue weighted by molar-refractivity contribution is -0.108. The Morgan fingerprint density at radius 3 is 2.40 bits per heavy atom. The van der Waals surface area contributed by atoms with Crippen LogP contribution in [-0.2, 0) is 15.0 Å². The van der Waals surface area contributed by atoms with Gasteiger partial charge in [-0.3, -0.25) is 4.79 Å². The summed E-state index contributed by atoms with van der Waals surface area (Å²) in [6.07, 6.45) is 1.87. The molecule has 0 heterocycles. The summed E-state index contributed by atoms with van der Waals surface area (Å²) in [4.78, 5) is 9.69. The van der Waals surface area contributed by atoms with Crippen LogP contribution in [0.1, 0.15) is 12.8 Å². The van der Waals surface area contributed by atoms with Gasteiger partial charge in [0.2, 0.25) is 6.41 Å². The molecule has 1 fully saturated rings. The predicted octanol–water partition coefficient (Wildman–Crippen LogP) is -1.27. The molecule has 0 bridgehead atoms. The molecule has 10 heavy (non-hydrogen) atoms. The van der Waals surface area contributed by atoms with Gasteiger partial charge in [0, 0.05) is 6.04 Å². The quantitative estimate of drug-likeness (QED) is 0.509. The van der Waals surface area contributed by atoms with E-state index in [2.05, 4.69) is 4.72 Å². The largest absolute Gasteiger partial charge is 0.301 e. The average Bonchev–Trinajstić information content (AvgIpc) is 2.48. The average molecular weight is 164 g/mol. The van der Waals surface area contributed by atoms with Crippen molar-refractivity contribution in [1.82, 2.24) is 9.44 Å². The van der Waals surface area contributed by atoms with Crippen molar-refractivity contribution >= 4 is 16.6 Å². The van der Waals surface area contributed by atoms with Gasteiger partial charge in [-0.1, -0.05) is 0 Å². The van der Waals surface area contributed by atoms with E-state index < -0.39 is 10.2 Å². The molecule has 58 valence electrons. The van der Waals surface area contributed by atoms with Gasteiger partial charge in [-0.15, -0.1) is 0 Å². The number of hydrogen-bond acceptors (Lipinski definition) is 3. The molecule has 2 N–H and O–H groups in total. The predicted molar refractivity (Wildman–Crippen MR) is 34.3 cm³/mol. The standard InChI is InChI=1S/C4H8N2O3S/c7-3-5-10(8,9)6-4-1-2-4/h3-4,6H,1-2H2,(H,5,7). The molecule has 1 rings (SSSR count). The summed E-state index contributed by atoms with van der Waals surface area (Å²) >= 11 is 0. The molecule has 1 aliphatic carbocycles. The molecule has 1 aliphatic rings. The number of nitrogens with one attached hydrogen (secondary N) is 2. The fraction of sp³-hybridized carbons (Fsp3) is 0.750. The van der Waals surface area contributed by atoms with E-state index in [9.17, 15) is 13.2 Å². The van der Waals surface area contributed by atoms with Gasteiger partial charge < -0.3 is 0 Å². The van der Waals surface area contributed by atoms with Crippen LogP contribution >= 0.6 is 0 Å². The van der Waals surface area contributed by atoms with Crippen molar-refractivity contribution in [2.45, 2.75) is 18.9 Å². The number of carbonyl (C=O) groups excluding carboxylic acids is 1. The van der Waals surface area contributed by atoms with Crippen LogP contribution in [-0.4, -0.2) is 20.9 Å². The number of rotatable bonds is 4. The fourth-order valence-electron chi connectivity index (χ4n) is 0.518. The van der Waals surface area contributed by atoms with Crippen molar-refractivity contribution in [3.05, 3.63) is 0 Å². The molecule has 0 aliphatic heterocycles. The van der Waals surface area contributed by atoms with Gasteiger partial charge in [0.1, 0.15) is 0 Å². The fourth-order valence-corrected chi connectivity index (χ4v) is 1.39. The van der Waals surface area contributed by atoms with Crippen LogP contribution in [0.15, 0.2) is 0 Å². The lowest BCUT2D eigenvalue weighted by atomic mass is 10.8. The molecule has 0 unspecified atom stereocenters. The summed E-state index contributed by atoms with van der Waals surface area (Å²) in [5.74, 6) is 0. The molecule has 0 saturated heterocycles. The maximum atomic E-state index is 10.6. The highest BCUT2D eigenvalue weighted by molar-refractivity contribution is 7.88. The summed E-state index contributed by atoms with van der Waals surface area (Å²) in [5.41, 5.74) is 0. The van der Waals surface area contributed by atoms with Gasteiger partial charge in [0.05, 0.1) is 0 Å². The first-order chi connectivity index (χ1) is 4.64. The highest BCUT2D eigenvalue weighted by Crippen LogP contribution is 2.18. The van der Waals surface area contributed by atoms with Crippen molar-refractivity contribution in [3.63, 3.8) is 0 Å². The van der Waals surface area contributed by atoms with Crippen LogP contribution in [0, 0.1) is 0 Å². The van der Waals surface area contributed by atoms with E-state index in [0.29, 0.717) is 0 Å². The topological polar surface area (TPSA) is 75.3 Å². The Hall–Kier alpha value is -0.620. The third-order valence-corrected chi connectivity index (χ3v) is 2.15. The Kier molecular flexibility index (Phi) is 1.91. The van der Waals surface area contributed by atoms with Gasteiger partial charge in [-0.05, 0) is 12.8 Å². The molecule has 6 heteroatoms. The molecule has 0 aromatic rings. The zero-order valence-corrected chi connectivity index (χ0v) is 6.02. The van der Waals surface area contributed by atoms with E-state index in [1.807, 2.05) is 0 Å². The molecule has 0 aromatic heterocycles. The smallest absolute Gasteiger partial charge is 0.278 e. The van der Waals surface area contributed by atoms with Gasteiger partial charge in [-0.2, -0.15) is 13.1 Å². The number of hydrogen-bond donors (Lipinski definition) is 2. The lowest BCUT2D eigenvalue weighted by Crippen LogP contribution is -2.36. The molecule has 0 atom stereocenters. The van der Waals surface area contributed by atoms with Gasteiger partial charge in [0.25, 0.3) is 0 Å². The molecular formula is C4H8N2O3S. The van der Waals surface area contributed by atoms with E-state index in [-0.39, 0.29) is 12.5 Å². The summed E-state index contributed by atoms with van der Waals surface area (Å²) < 4.78 is 25.2. The first kappa shape index (κ1) is 7.49. The van der Waals surface area contributed by atoms with E-state index >= 15 is 0 Å². The molecule has 1 saturated carbocycles. The van der Waals surface area contributed by atoms with Gasteiger partial charge in [-0.25, -0.2) is 4.72 Å². The Morgan fingerprint density at radius 1 is 1.40 bits per heavy atom. The maximum Gasteiger partial charge on any atom is 0.301 e. The van der Waals surface area contributed by atoms with E-state index in [4.69, 9.17) is 0 Å². The SMILES string of the molecule is O=CNS(=O)(=O)NC1CC1. The van der Waals surface area contributed by atoms with Crippen LogP contribution in [0.25, 0.3) is 0 Å². The second-order valence-corrected chi connectivity index (χ2v) is 3.61. The molecule has 5 nitrogen and oxygen atoms in total. The molecule has 0 spiro atoms. The summed E-state index contributed by atoms with van der Waals surface area (Å²) in [6, 6.07) is 0.0393. The third-order valence-electron chi connectivity index (χ3n) is 1.10. The van der Waals surface area contributed by atoms with Crippen LogP contribution in [0.5, 0.6) is 0 Å². The highest BCUT2D eigenvalue weighted by Gasteiger charge is 2.26. The van der Waals surface area contributed by atoms with Crippen molar-refractivity contribution in [1.29, 1.82) is 0 Å². The van der Waals surface area contributed by atoms with Crippen molar-refractivity contribution in [2.24, 2.45) is 0 Å². The highest BCUT2D eigenvalue weighted by atomic mass is 32.2. The van der Waals surface area contributed by atoms with Gasteiger partial charge in [0.15, 0.2) is 0 Å². The van der Waals surface area contributed by atoms with Crippen LogP contribution in [0.4, 0.5) is 0 Å². The van der Waals surface area contributed by atoms with Gasteiger partial charge >= 0.3 is 10.2 Å². The Balaban J connectivity index is 2.41. The zero-order valence-electron chi connectivity index (χ0n) is 5.20. The molecule has 0 radical (unpaired) electrons. The van der Waals surface area contributed by atoms with Crippen LogP contribution < -0.4 is 9.44 Å². The van der Waals surface area contributed by atoms with Crippen molar-refractivity contribution < 1.29 is 13.2 Å². The minimum absolute atomic E-state index is 0.0393. The number of amides is 1. The Morgan fingerprint density at radius 2 is 2.00 bits per heavy atom. The van der Waals surface area contributed by atoms with Crippen LogP contribution in [0.2, 0.25) is 0 Å². The van der Waals surface area contributed by atoms with E-state index in [1.54, 1.807) is 4.72 Å². The van der Waals surface area contributed by atoms with E-state index in [1.165, 1.54) is 0 Å². The Labute approximate surface area is 59.0 Å². The maximum absolute atomic E-state index is 10.6. The lowest BCUT2D eigenvalue weighted by Gasteiger charge is -2.00. The van der Waals surface area contributed by atoms with E-state index in [0.717, 1.165) is 12.8 Å². The van der Waals surface area contributed by atoms with Crippen molar-refractivity contribution in [2.75, 3.05) is 0 Å². The minimum atomic E-state index is -3.54. The third kappa shape index (κ3) is 2.32. The van der Waals surface area contributed by atoms with Crippen molar-refractivity contribution in [3.8, 4) is 0 Å². The Bertz CT molecular complexity index is 219. The summed E-state index contributed by atoms with van der Waals surface area (Å²) in [7, 11) is -3.54. The minimum Gasteiger partial charge on any atom is -0.278 e. The molecule has 1 amide bonds. The summed E-state index contributed by atoms with van der Waals surface area (Å²) in [6.45, 7) is 0. The zero-order chi connectivity index (χ0) is 7.61. The normalized spacial score (nSPS) is 18.4. The van der Waals surface area contributed by atoms with Crippen LogP contribution in [0.3, 0.4) is 0 Å².